The van der Waals surface area contributed by atoms with Gasteiger partial charge in [0.1, 0.15) is 16.5 Å². The lowest BCUT2D eigenvalue weighted by Gasteiger charge is -2.57. The van der Waals surface area contributed by atoms with Gasteiger partial charge in [-0.2, -0.15) is 4.31 Å². The predicted molar refractivity (Wildman–Crippen MR) is 107 cm³/mol. The number of rotatable bonds is 4. The van der Waals surface area contributed by atoms with Crippen LogP contribution in [0.15, 0.2) is 23.1 Å². The fourth-order valence-electron chi connectivity index (χ4n) is 6.81. The van der Waals surface area contributed by atoms with E-state index >= 15 is 0 Å². The van der Waals surface area contributed by atoms with Gasteiger partial charge in [-0.25, -0.2) is 17.2 Å². The zero-order valence-electron chi connectivity index (χ0n) is 16.9. The quantitative estimate of drug-likeness (QED) is 0.783. The number of benzene rings is 1. The van der Waals surface area contributed by atoms with Gasteiger partial charge in [0.15, 0.2) is 0 Å². The number of hydrogen-bond acceptors (Lipinski definition) is 3. The Bertz CT molecular complexity index is 922. The van der Waals surface area contributed by atoms with Gasteiger partial charge in [0.05, 0.1) is 0 Å². The van der Waals surface area contributed by atoms with Gasteiger partial charge in [-0.15, -0.1) is 0 Å². The van der Waals surface area contributed by atoms with Crippen LogP contribution >= 0.6 is 0 Å². The molecule has 4 saturated carbocycles. The van der Waals surface area contributed by atoms with Crippen LogP contribution in [0.4, 0.5) is 8.78 Å². The van der Waals surface area contributed by atoms with Gasteiger partial charge in [-0.1, -0.05) is 0 Å². The lowest BCUT2D eigenvalue weighted by atomic mass is 9.53. The number of piperidine rings is 1. The van der Waals surface area contributed by atoms with Gasteiger partial charge in [0.2, 0.25) is 15.9 Å². The lowest BCUT2D eigenvalue weighted by molar-refractivity contribution is -0.132. The van der Waals surface area contributed by atoms with Crippen LogP contribution in [0.1, 0.15) is 51.4 Å². The highest BCUT2D eigenvalue weighted by Crippen LogP contribution is 2.55. The number of carbonyl (C=O) groups is 1. The van der Waals surface area contributed by atoms with Crippen LogP contribution in [-0.4, -0.2) is 37.3 Å². The molecule has 1 saturated heterocycles. The Kier molecular flexibility index (Phi) is 4.93. The van der Waals surface area contributed by atoms with E-state index in [4.69, 9.17) is 0 Å². The van der Waals surface area contributed by atoms with Crippen LogP contribution in [0.2, 0.25) is 0 Å². The fraction of sp³-hybridized carbons (Fsp3) is 0.682. The molecule has 1 aliphatic heterocycles. The third-order valence-corrected chi connectivity index (χ3v) is 9.69. The van der Waals surface area contributed by atoms with Gasteiger partial charge in [0.25, 0.3) is 0 Å². The number of amides is 1. The van der Waals surface area contributed by atoms with E-state index in [2.05, 4.69) is 5.32 Å². The molecule has 0 radical (unpaired) electrons. The summed E-state index contributed by atoms with van der Waals surface area (Å²) in [7, 11) is -4.04. The average Bonchev–Trinajstić information content (AvgIpc) is 2.66. The largest absolute Gasteiger partial charge is 0.350 e. The molecule has 4 bridgehead atoms. The van der Waals surface area contributed by atoms with Crippen molar-refractivity contribution in [2.45, 2.75) is 61.8 Å². The first-order valence-electron chi connectivity index (χ1n) is 11.0. The summed E-state index contributed by atoms with van der Waals surface area (Å²) < 4.78 is 53.9. The Morgan fingerprint density at radius 2 is 1.57 bits per heavy atom. The maximum absolute atomic E-state index is 14.0. The van der Waals surface area contributed by atoms with Crippen molar-refractivity contribution in [3.05, 3.63) is 29.8 Å². The number of halogens is 2. The molecule has 164 valence electrons. The van der Waals surface area contributed by atoms with Gasteiger partial charge >= 0.3 is 0 Å². The smallest absolute Gasteiger partial charge is 0.245 e. The highest BCUT2D eigenvalue weighted by atomic mass is 32.2. The normalized spacial score (nSPS) is 34.3. The van der Waals surface area contributed by atoms with Crippen molar-refractivity contribution in [1.82, 2.24) is 9.62 Å². The first-order chi connectivity index (χ1) is 14.2. The zero-order valence-corrected chi connectivity index (χ0v) is 17.8. The van der Waals surface area contributed by atoms with E-state index in [0.717, 1.165) is 49.1 Å². The van der Waals surface area contributed by atoms with Crippen LogP contribution in [0, 0.1) is 35.3 Å². The van der Waals surface area contributed by atoms with E-state index in [1.165, 1.54) is 23.6 Å². The van der Waals surface area contributed by atoms with Crippen molar-refractivity contribution in [2.24, 2.45) is 23.7 Å². The molecule has 5 fully saturated rings. The highest BCUT2D eigenvalue weighted by molar-refractivity contribution is 7.89. The summed E-state index contributed by atoms with van der Waals surface area (Å²) >= 11 is 0. The molecule has 6 rings (SSSR count). The molecule has 5 aliphatic rings. The van der Waals surface area contributed by atoms with Crippen molar-refractivity contribution < 1.29 is 22.0 Å². The summed E-state index contributed by atoms with van der Waals surface area (Å²) in [4.78, 5) is 12.5. The van der Waals surface area contributed by atoms with Crippen molar-refractivity contribution >= 4 is 15.9 Å². The minimum Gasteiger partial charge on any atom is -0.350 e. The van der Waals surface area contributed by atoms with E-state index in [-0.39, 0.29) is 30.5 Å². The molecule has 1 N–H and O–H groups in total. The van der Waals surface area contributed by atoms with Crippen molar-refractivity contribution in [3.8, 4) is 0 Å². The van der Waals surface area contributed by atoms with E-state index in [9.17, 15) is 22.0 Å². The second kappa shape index (κ2) is 7.26. The number of sulfonamides is 1. The Hall–Kier alpha value is -1.54. The fourth-order valence-corrected chi connectivity index (χ4v) is 8.32. The highest BCUT2D eigenvalue weighted by Gasteiger charge is 2.52. The molecule has 1 aromatic carbocycles. The first-order valence-corrected chi connectivity index (χ1v) is 12.5. The number of carbonyl (C=O) groups excluding carboxylic acids is 1. The second-order valence-electron chi connectivity index (χ2n) is 9.94. The topological polar surface area (TPSA) is 66.5 Å². The van der Waals surface area contributed by atoms with E-state index in [1.807, 2.05) is 0 Å². The summed E-state index contributed by atoms with van der Waals surface area (Å²) in [5.74, 6) is 0.158. The molecule has 1 amide bonds. The van der Waals surface area contributed by atoms with Crippen LogP contribution in [0.5, 0.6) is 0 Å². The zero-order chi connectivity index (χ0) is 21.1. The maximum atomic E-state index is 14.0. The Labute approximate surface area is 176 Å². The standard InChI is InChI=1S/C22H28F2N2O3S/c23-18-1-2-20(19(24)10-18)30(28,29)26-5-3-17(4-6-26)21(27)25-22-11-14-7-15(12-22)9-16(8-14)13-22/h1-2,10,14-17H,3-9,11-13H2,(H,25,27). The molecule has 4 aliphatic carbocycles. The predicted octanol–water partition coefficient (Wildman–Crippen LogP) is 3.45. The molecular formula is C22H28F2N2O3S. The van der Waals surface area contributed by atoms with E-state index in [0.29, 0.717) is 18.9 Å². The summed E-state index contributed by atoms with van der Waals surface area (Å²) in [6.45, 7) is 0.330. The molecule has 1 aromatic rings. The van der Waals surface area contributed by atoms with E-state index < -0.39 is 26.6 Å². The second-order valence-corrected chi connectivity index (χ2v) is 11.8. The molecule has 0 aromatic heterocycles. The van der Waals surface area contributed by atoms with Crippen molar-refractivity contribution in [3.63, 3.8) is 0 Å². The number of nitrogens with zero attached hydrogens (tertiary/aromatic N) is 1. The molecular weight excluding hydrogens is 410 g/mol. The molecule has 0 unspecified atom stereocenters. The summed E-state index contributed by atoms with van der Waals surface area (Å²) in [5.41, 5.74) is -0.0493. The summed E-state index contributed by atoms with van der Waals surface area (Å²) in [6.07, 6.45) is 8.02. The third kappa shape index (κ3) is 3.55. The van der Waals surface area contributed by atoms with Gasteiger partial charge < -0.3 is 5.32 Å². The average molecular weight is 439 g/mol. The maximum Gasteiger partial charge on any atom is 0.245 e. The number of nitrogens with one attached hydrogen (secondary N) is 1. The van der Waals surface area contributed by atoms with Crippen LogP contribution in [0.3, 0.4) is 0 Å². The van der Waals surface area contributed by atoms with Gasteiger partial charge in [0, 0.05) is 30.6 Å². The Morgan fingerprint density at radius 3 is 2.10 bits per heavy atom. The van der Waals surface area contributed by atoms with Crippen LogP contribution in [0.25, 0.3) is 0 Å². The Morgan fingerprint density at radius 1 is 1.00 bits per heavy atom. The summed E-state index contributed by atoms with van der Waals surface area (Å²) in [6, 6.07) is 2.49. The monoisotopic (exact) mass is 438 g/mol. The first kappa shape index (κ1) is 20.4. The molecule has 1 heterocycles. The van der Waals surface area contributed by atoms with Gasteiger partial charge in [-0.3, -0.25) is 4.79 Å². The Balaban J connectivity index is 1.22. The molecule has 8 heteroatoms. The van der Waals surface area contributed by atoms with E-state index in [1.54, 1.807) is 0 Å². The minimum atomic E-state index is -4.04. The van der Waals surface area contributed by atoms with Crippen molar-refractivity contribution in [1.29, 1.82) is 0 Å². The van der Waals surface area contributed by atoms with Crippen molar-refractivity contribution in [2.75, 3.05) is 13.1 Å². The number of hydrogen-bond donors (Lipinski definition) is 1. The third-order valence-electron chi connectivity index (χ3n) is 7.76. The SMILES string of the molecule is O=C(NC12CC3CC(CC(C3)C1)C2)C1CCN(S(=O)(=O)c2ccc(F)cc2F)CC1. The molecule has 30 heavy (non-hydrogen) atoms. The molecule has 0 spiro atoms. The molecule has 0 atom stereocenters. The van der Waals surface area contributed by atoms with Crippen LogP contribution in [-0.2, 0) is 14.8 Å². The summed E-state index contributed by atoms with van der Waals surface area (Å²) in [5, 5.41) is 3.39. The minimum absolute atomic E-state index is 0.0435. The lowest BCUT2D eigenvalue weighted by Crippen LogP contribution is -2.61. The van der Waals surface area contributed by atoms with Crippen LogP contribution < -0.4 is 5.32 Å². The molecule has 5 nitrogen and oxygen atoms in total. The van der Waals surface area contributed by atoms with Gasteiger partial charge in [-0.05, 0) is 81.3 Å².